The molecule has 6 heteroatoms. The monoisotopic (exact) mass is 274 g/mol. The summed E-state index contributed by atoms with van der Waals surface area (Å²) in [5, 5.41) is 2.77. The van der Waals surface area contributed by atoms with E-state index in [4.69, 9.17) is 11.6 Å². The second kappa shape index (κ2) is 4.80. The number of carbonyl (C=O) groups excluding carboxylic acids is 1. The van der Waals surface area contributed by atoms with Crippen molar-refractivity contribution in [2.45, 2.75) is 38.2 Å². The van der Waals surface area contributed by atoms with Gasteiger partial charge in [0.1, 0.15) is 11.2 Å². The SMILES string of the molecule is CCc1cnc(C(=O)NC2(C(F)F)CC2)cc1Cl. The lowest BCUT2D eigenvalue weighted by Gasteiger charge is -2.16. The van der Waals surface area contributed by atoms with Crippen molar-refractivity contribution in [2.75, 3.05) is 0 Å². The maximum absolute atomic E-state index is 12.7. The topological polar surface area (TPSA) is 42.0 Å². The van der Waals surface area contributed by atoms with Crippen molar-refractivity contribution in [1.29, 1.82) is 0 Å². The van der Waals surface area contributed by atoms with E-state index in [1.165, 1.54) is 12.3 Å². The van der Waals surface area contributed by atoms with E-state index in [1.54, 1.807) is 0 Å². The van der Waals surface area contributed by atoms with Gasteiger partial charge in [-0.05, 0) is 30.9 Å². The fourth-order valence-corrected chi connectivity index (χ4v) is 1.95. The molecule has 0 aliphatic heterocycles. The molecule has 1 N–H and O–H groups in total. The Bertz CT molecular complexity index is 475. The van der Waals surface area contributed by atoms with Crippen LogP contribution in [0.5, 0.6) is 0 Å². The quantitative estimate of drug-likeness (QED) is 0.917. The first-order valence-electron chi connectivity index (χ1n) is 5.73. The van der Waals surface area contributed by atoms with Gasteiger partial charge >= 0.3 is 0 Å². The van der Waals surface area contributed by atoms with Crippen molar-refractivity contribution in [3.05, 3.63) is 28.5 Å². The lowest BCUT2D eigenvalue weighted by atomic mass is 10.2. The zero-order valence-electron chi connectivity index (χ0n) is 9.84. The van der Waals surface area contributed by atoms with Crippen LogP contribution in [0, 0.1) is 0 Å². The molecular weight excluding hydrogens is 262 g/mol. The van der Waals surface area contributed by atoms with Crippen LogP contribution >= 0.6 is 11.6 Å². The fourth-order valence-electron chi connectivity index (χ4n) is 1.67. The number of amides is 1. The summed E-state index contributed by atoms with van der Waals surface area (Å²) in [7, 11) is 0. The van der Waals surface area contributed by atoms with Crippen molar-refractivity contribution in [3.63, 3.8) is 0 Å². The largest absolute Gasteiger partial charge is 0.339 e. The number of hydrogen-bond donors (Lipinski definition) is 1. The molecule has 0 radical (unpaired) electrons. The van der Waals surface area contributed by atoms with Crippen molar-refractivity contribution < 1.29 is 13.6 Å². The standard InChI is InChI=1S/C12H13ClF2N2O/c1-2-7-6-16-9(5-8(7)13)10(18)17-12(3-4-12)11(14)15/h5-6,11H,2-4H2,1H3,(H,17,18). The van der Waals surface area contributed by atoms with Crippen LogP contribution in [0.1, 0.15) is 35.8 Å². The van der Waals surface area contributed by atoms with Crippen LogP contribution in [-0.4, -0.2) is 22.9 Å². The molecule has 1 aromatic heterocycles. The van der Waals surface area contributed by atoms with Crippen molar-refractivity contribution in [2.24, 2.45) is 0 Å². The normalized spacial score (nSPS) is 16.7. The number of alkyl halides is 2. The van der Waals surface area contributed by atoms with E-state index in [9.17, 15) is 13.6 Å². The van der Waals surface area contributed by atoms with E-state index < -0.39 is 17.9 Å². The highest BCUT2D eigenvalue weighted by molar-refractivity contribution is 6.31. The number of rotatable bonds is 4. The van der Waals surface area contributed by atoms with Gasteiger partial charge < -0.3 is 5.32 Å². The summed E-state index contributed by atoms with van der Waals surface area (Å²) in [4.78, 5) is 15.7. The Morgan fingerprint density at radius 1 is 1.61 bits per heavy atom. The van der Waals surface area contributed by atoms with Gasteiger partial charge in [0, 0.05) is 11.2 Å². The first kappa shape index (κ1) is 13.2. The number of carbonyl (C=O) groups is 1. The molecule has 1 amide bonds. The van der Waals surface area contributed by atoms with Gasteiger partial charge in [0.15, 0.2) is 0 Å². The molecule has 1 saturated carbocycles. The number of halogens is 3. The Balaban J connectivity index is 2.12. The molecule has 0 spiro atoms. The molecule has 1 aromatic rings. The molecule has 2 rings (SSSR count). The fraction of sp³-hybridized carbons (Fsp3) is 0.500. The van der Waals surface area contributed by atoms with E-state index in [1.807, 2.05) is 6.92 Å². The van der Waals surface area contributed by atoms with Gasteiger partial charge in [0.2, 0.25) is 0 Å². The molecule has 0 aromatic carbocycles. The summed E-state index contributed by atoms with van der Waals surface area (Å²) in [6.45, 7) is 1.92. The Kier molecular flexibility index (Phi) is 3.52. The van der Waals surface area contributed by atoms with Gasteiger partial charge in [-0.3, -0.25) is 9.78 Å². The Morgan fingerprint density at radius 3 is 2.72 bits per heavy atom. The second-order valence-electron chi connectivity index (χ2n) is 4.43. The maximum atomic E-state index is 12.7. The molecule has 0 saturated heterocycles. The van der Waals surface area contributed by atoms with Crippen LogP contribution in [0.3, 0.4) is 0 Å². The Hall–Kier alpha value is -1.23. The molecular formula is C12H13ClF2N2O. The number of nitrogens with zero attached hydrogens (tertiary/aromatic N) is 1. The number of aromatic nitrogens is 1. The summed E-state index contributed by atoms with van der Waals surface area (Å²) in [6, 6.07) is 1.41. The smallest absolute Gasteiger partial charge is 0.270 e. The first-order valence-corrected chi connectivity index (χ1v) is 6.11. The van der Waals surface area contributed by atoms with E-state index >= 15 is 0 Å². The molecule has 0 bridgehead atoms. The average Bonchev–Trinajstić information content (AvgIpc) is 3.10. The van der Waals surface area contributed by atoms with E-state index in [-0.39, 0.29) is 5.69 Å². The van der Waals surface area contributed by atoms with Crippen molar-refractivity contribution in [1.82, 2.24) is 10.3 Å². The van der Waals surface area contributed by atoms with Crippen LogP contribution in [-0.2, 0) is 6.42 Å². The third-order valence-corrected chi connectivity index (χ3v) is 3.46. The molecule has 3 nitrogen and oxygen atoms in total. The number of aryl methyl sites for hydroxylation is 1. The summed E-state index contributed by atoms with van der Waals surface area (Å²) in [5.41, 5.74) is -0.457. The predicted octanol–water partition coefficient (Wildman–Crippen LogP) is 2.82. The summed E-state index contributed by atoms with van der Waals surface area (Å²) in [5.74, 6) is -0.600. The second-order valence-corrected chi connectivity index (χ2v) is 4.83. The van der Waals surface area contributed by atoms with Gasteiger partial charge in [-0.25, -0.2) is 8.78 Å². The van der Waals surface area contributed by atoms with Crippen LogP contribution < -0.4 is 5.32 Å². The minimum atomic E-state index is -2.55. The van der Waals surface area contributed by atoms with Gasteiger partial charge in [0.05, 0.1) is 0 Å². The van der Waals surface area contributed by atoms with Crippen LogP contribution in [0.25, 0.3) is 0 Å². The molecule has 1 aliphatic rings. The van der Waals surface area contributed by atoms with Crippen molar-refractivity contribution >= 4 is 17.5 Å². The predicted molar refractivity (Wildman–Crippen MR) is 64.1 cm³/mol. The van der Waals surface area contributed by atoms with Gasteiger partial charge in [-0.2, -0.15) is 0 Å². The Labute approximate surface area is 109 Å². The molecule has 18 heavy (non-hydrogen) atoms. The molecule has 1 fully saturated rings. The number of pyridine rings is 1. The first-order chi connectivity index (χ1) is 8.48. The minimum absolute atomic E-state index is 0.0733. The highest BCUT2D eigenvalue weighted by atomic mass is 35.5. The van der Waals surface area contributed by atoms with Crippen LogP contribution in [0.2, 0.25) is 5.02 Å². The average molecular weight is 275 g/mol. The van der Waals surface area contributed by atoms with Crippen LogP contribution in [0.15, 0.2) is 12.3 Å². The zero-order chi connectivity index (χ0) is 13.3. The molecule has 0 atom stereocenters. The number of hydrogen-bond acceptors (Lipinski definition) is 2. The highest BCUT2D eigenvalue weighted by Crippen LogP contribution is 2.41. The number of nitrogens with one attached hydrogen (secondary N) is 1. The summed E-state index contributed by atoms with van der Waals surface area (Å²) in [6.07, 6.45) is 0.259. The third-order valence-electron chi connectivity index (χ3n) is 3.11. The lowest BCUT2D eigenvalue weighted by molar-refractivity contribution is 0.0676. The van der Waals surface area contributed by atoms with E-state index in [0.717, 1.165) is 5.56 Å². The van der Waals surface area contributed by atoms with E-state index in [0.29, 0.717) is 24.3 Å². The Morgan fingerprint density at radius 2 is 2.28 bits per heavy atom. The third kappa shape index (κ3) is 2.46. The minimum Gasteiger partial charge on any atom is -0.339 e. The highest BCUT2D eigenvalue weighted by Gasteiger charge is 2.52. The molecule has 98 valence electrons. The zero-order valence-corrected chi connectivity index (χ0v) is 10.6. The summed E-state index contributed by atoms with van der Waals surface area (Å²) < 4.78 is 25.4. The van der Waals surface area contributed by atoms with Gasteiger partial charge in [-0.1, -0.05) is 18.5 Å². The lowest BCUT2D eigenvalue weighted by Crippen LogP contribution is -2.42. The maximum Gasteiger partial charge on any atom is 0.270 e. The van der Waals surface area contributed by atoms with E-state index in [2.05, 4.69) is 10.3 Å². The molecule has 1 aliphatic carbocycles. The van der Waals surface area contributed by atoms with Crippen molar-refractivity contribution in [3.8, 4) is 0 Å². The van der Waals surface area contributed by atoms with Gasteiger partial charge in [0.25, 0.3) is 12.3 Å². The molecule has 0 unspecified atom stereocenters. The molecule has 1 heterocycles. The van der Waals surface area contributed by atoms with Gasteiger partial charge in [-0.15, -0.1) is 0 Å². The summed E-state index contributed by atoms with van der Waals surface area (Å²) >= 11 is 5.95. The van der Waals surface area contributed by atoms with Crippen LogP contribution in [0.4, 0.5) is 8.78 Å².